The van der Waals surface area contributed by atoms with Crippen LogP contribution in [0.4, 0.5) is 5.69 Å². The minimum atomic E-state index is -0.262. The molecule has 2 aliphatic rings. The van der Waals surface area contributed by atoms with Crippen molar-refractivity contribution >= 4 is 23.2 Å². The van der Waals surface area contributed by atoms with Crippen LogP contribution >= 0.6 is 11.6 Å². The average molecular weight is 544 g/mol. The van der Waals surface area contributed by atoms with Crippen molar-refractivity contribution in [2.45, 2.75) is 31.6 Å². The van der Waals surface area contributed by atoms with E-state index in [1.807, 2.05) is 49.5 Å². The third-order valence-corrected chi connectivity index (χ3v) is 8.25. The molecular formula is C31H34ClN5O2. The van der Waals surface area contributed by atoms with E-state index in [1.165, 1.54) is 0 Å². The molecule has 0 radical (unpaired) electrons. The smallest absolute Gasteiger partial charge is 0.224 e. The fourth-order valence-electron chi connectivity index (χ4n) is 5.72. The van der Waals surface area contributed by atoms with Gasteiger partial charge in [0, 0.05) is 48.4 Å². The number of carbonyl (C=O) groups is 1. The zero-order valence-electron chi connectivity index (χ0n) is 22.3. The first-order valence-corrected chi connectivity index (χ1v) is 14.0. The summed E-state index contributed by atoms with van der Waals surface area (Å²) in [5.41, 5.74) is 4.15. The Morgan fingerprint density at radius 2 is 2.05 bits per heavy atom. The lowest BCUT2D eigenvalue weighted by atomic mass is 9.73. The highest BCUT2D eigenvalue weighted by Gasteiger charge is 2.38. The molecule has 2 aliphatic heterocycles. The average Bonchev–Trinajstić information content (AvgIpc) is 3.52. The Kier molecular flexibility index (Phi) is 8.35. The van der Waals surface area contributed by atoms with E-state index in [0.717, 1.165) is 73.7 Å². The van der Waals surface area contributed by atoms with Crippen molar-refractivity contribution in [2.75, 3.05) is 44.2 Å². The largest absolute Gasteiger partial charge is 0.493 e. The molecule has 1 amide bonds. The Hall–Kier alpha value is -3.60. The highest BCUT2D eigenvalue weighted by molar-refractivity contribution is 6.30. The standard InChI is InChI=1S/C31H34ClN5O2/c1-2-39-29-6-4-3-5-26(29)27-9-7-24(20-35-27)31(21-36-30(38)22-11-14-34-19-22)12-15-37(16-13-31)28-10-8-25(32)17-23(28)18-33/h3-10,17,20,22,34H,2,11-16,19,21H2,1H3,(H,36,38)/t22-/m1/s1. The summed E-state index contributed by atoms with van der Waals surface area (Å²) in [5.74, 6) is 0.948. The lowest BCUT2D eigenvalue weighted by Crippen LogP contribution is -2.50. The number of rotatable bonds is 8. The van der Waals surface area contributed by atoms with Gasteiger partial charge < -0.3 is 20.3 Å². The summed E-state index contributed by atoms with van der Waals surface area (Å²) < 4.78 is 5.82. The lowest BCUT2D eigenvalue weighted by molar-refractivity contribution is -0.124. The predicted octanol–water partition coefficient (Wildman–Crippen LogP) is 4.94. The molecule has 1 aromatic heterocycles. The Labute approximate surface area is 235 Å². The molecule has 2 saturated heterocycles. The number of amides is 1. The Bertz CT molecular complexity index is 1340. The number of aromatic nitrogens is 1. The van der Waals surface area contributed by atoms with Crippen LogP contribution in [0.3, 0.4) is 0 Å². The summed E-state index contributed by atoms with van der Waals surface area (Å²) in [7, 11) is 0. The maximum atomic E-state index is 13.0. The number of piperidine rings is 1. The first kappa shape index (κ1) is 27.0. The lowest BCUT2D eigenvalue weighted by Gasteiger charge is -2.43. The van der Waals surface area contributed by atoms with Gasteiger partial charge in [-0.05, 0) is 74.7 Å². The Morgan fingerprint density at radius 1 is 1.23 bits per heavy atom. The molecule has 5 rings (SSSR count). The number of hydrogen-bond donors (Lipinski definition) is 2. The van der Waals surface area contributed by atoms with Crippen LogP contribution < -0.4 is 20.3 Å². The highest BCUT2D eigenvalue weighted by Crippen LogP contribution is 2.38. The molecule has 0 aliphatic carbocycles. The molecule has 8 heteroatoms. The number of ether oxygens (including phenoxy) is 1. The first-order valence-electron chi connectivity index (χ1n) is 13.6. The molecule has 0 bridgehead atoms. The van der Waals surface area contributed by atoms with Gasteiger partial charge in [-0.25, -0.2) is 0 Å². The van der Waals surface area contributed by atoms with Gasteiger partial charge in [0.1, 0.15) is 11.8 Å². The Balaban J connectivity index is 1.40. The minimum absolute atomic E-state index is 0.0185. The molecule has 3 aromatic rings. The van der Waals surface area contributed by atoms with Gasteiger partial charge in [-0.15, -0.1) is 0 Å². The second kappa shape index (κ2) is 12.1. The maximum Gasteiger partial charge on any atom is 0.224 e. The number of hydrogen-bond acceptors (Lipinski definition) is 6. The molecule has 2 N–H and O–H groups in total. The molecule has 0 saturated carbocycles. The number of benzene rings is 2. The molecule has 7 nitrogen and oxygen atoms in total. The van der Waals surface area contributed by atoms with E-state index >= 15 is 0 Å². The summed E-state index contributed by atoms with van der Waals surface area (Å²) in [6.07, 6.45) is 4.47. The van der Waals surface area contributed by atoms with E-state index < -0.39 is 0 Å². The minimum Gasteiger partial charge on any atom is -0.493 e. The first-order chi connectivity index (χ1) is 19.0. The molecule has 39 heavy (non-hydrogen) atoms. The summed E-state index contributed by atoms with van der Waals surface area (Å²) in [6.45, 7) is 6.25. The summed E-state index contributed by atoms with van der Waals surface area (Å²) in [4.78, 5) is 20.1. The third-order valence-electron chi connectivity index (χ3n) is 8.01. The summed E-state index contributed by atoms with van der Waals surface area (Å²) >= 11 is 6.14. The van der Waals surface area contributed by atoms with E-state index in [0.29, 0.717) is 23.7 Å². The van der Waals surface area contributed by atoms with Crippen molar-refractivity contribution in [1.82, 2.24) is 15.6 Å². The van der Waals surface area contributed by atoms with Crippen molar-refractivity contribution in [3.8, 4) is 23.1 Å². The number of nitrogens with one attached hydrogen (secondary N) is 2. The third kappa shape index (κ3) is 5.88. The van der Waals surface area contributed by atoms with Crippen molar-refractivity contribution in [1.29, 1.82) is 5.26 Å². The topological polar surface area (TPSA) is 90.3 Å². The van der Waals surface area contributed by atoms with Gasteiger partial charge in [0.05, 0.1) is 29.5 Å². The number of nitrogens with zero attached hydrogens (tertiary/aromatic N) is 3. The molecule has 0 spiro atoms. The zero-order chi connectivity index (χ0) is 27.2. The zero-order valence-corrected chi connectivity index (χ0v) is 23.0. The van der Waals surface area contributed by atoms with E-state index in [-0.39, 0.29) is 17.2 Å². The molecule has 2 aromatic carbocycles. The van der Waals surface area contributed by atoms with Crippen LogP contribution in [0.2, 0.25) is 5.02 Å². The molecule has 202 valence electrons. The molecule has 3 heterocycles. The summed E-state index contributed by atoms with van der Waals surface area (Å²) in [5, 5.41) is 16.8. The van der Waals surface area contributed by atoms with Crippen LogP contribution in [0, 0.1) is 17.2 Å². The molecule has 0 unspecified atom stereocenters. The van der Waals surface area contributed by atoms with Crippen molar-refractivity contribution < 1.29 is 9.53 Å². The van der Waals surface area contributed by atoms with Crippen molar-refractivity contribution in [3.05, 3.63) is 76.9 Å². The van der Waals surface area contributed by atoms with Gasteiger partial charge in [-0.3, -0.25) is 9.78 Å². The van der Waals surface area contributed by atoms with Crippen molar-refractivity contribution in [3.63, 3.8) is 0 Å². The second-order valence-electron chi connectivity index (χ2n) is 10.3. The molecule has 1 atom stereocenters. The van der Waals surface area contributed by atoms with Gasteiger partial charge in [0.15, 0.2) is 0 Å². The quantitative estimate of drug-likeness (QED) is 0.418. The van der Waals surface area contributed by atoms with E-state index in [4.69, 9.17) is 21.3 Å². The number of pyridine rings is 1. The van der Waals surface area contributed by atoms with Crippen LogP contribution in [0.5, 0.6) is 5.75 Å². The van der Waals surface area contributed by atoms with Gasteiger partial charge >= 0.3 is 0 Å². The van der Waals surface area contributed by atoms with Crippen LogP contribution in [-0.2, 0) is 10.2 Å². The number of anilines is 1. The highest BCUT2D eigenvalue weighted by atomic mass is 35.5. The van der Waals surface area contributed by atoms with E-state index in [9.17, 15) is 10.1 Å². The van der Waals surface area contributed by atoms with Gasteiger partial charge in [0.2, 0.25) is 5.91 Å². The van der Waals surface area contributed by atoms with Crippen LogP contribution in [0.15, 0.2) is 60.8 Å². The van der Waals surface area contributed by atoms with E-state index in [1.54, 1.807) is 6.07 Å². The molecule has 2 fully saturated rings. The predicted molar refractivity (Wildman–Crippen MR) is 154 cm³/mol. The monoisotopic (exact) mass is 543 g/mol. The summed E-state index contributed by atoms with van der Waals surface area (Å²) in [6, 6.07) is 19.9. The number of halogens is 1. The number of para-hydroxylation sites is 1. The second-order valence-corrected chi connectivity index (χ2v) is 10.7. The van der Waals surface area contributed by atoms with Gasteiger partial charge in [-0.1, -0.05) is 29.8 Å². The SMILES string of the molecule is CCOc1ccccc1-c1ccc(C2(CNC(=O)[C@@H]3CCNC3)CCN(c3ccc(Cl)cc3C#N)CC2)cn1. The number of carbonyl (C=O) groups excluding carboxylic acids is 1. The van der Waals surface area contributed by atoms with Crippen LogP contribution in [0.1, 0.15) is 37.3 Å². The fourth-order valence-corrected chi connectivity index (χ4v) is 5.89. The van der Waals surface area contributed by atoms with Crippen LogP contribution in [-0.4, -0.2) is 50.2 Å². The van der Waals surface area contributed by atoms with Gasteiger partial charge in [-0.2, -0.15) is 5.26 Å². The Morgan fingerprint density at radius 3 is 2.74 bits per heavy atom. The van der Waals surface area contributed by atoms with Crippen molar-refractivity contribution in [2.24, 2.45) is 5.92 Å². The van der Waals surface area contributed by atoms with E-state index in [2.05, 4.69) is 33.7 Å². The van der Waals surface area contributed by atoms with Crippen LogP contribution in [0.25, 0.3) is 11.3 Å². The normalized spacial score (nSPS) is 18.4. The maximum absolute atomic E-state index is 13.0. The van der Waals surface area contributed by atoms with Gasteiger partial charge in [0.25, 0.3) is 0 Å². The number of nitriles is 1. The fraction of sp³-hybridized carbons (Fsp3) is 0.387. The molecular weight excluding hydrogens is 510 g/mol.